The molecule has 2 rings (SSSR count). The molecule has 0 bridgehead atoms. The van der Waals surface area contributed by atoms with Crippen molar-refractivity contribution in [2.45, 2.75) is 18.9 Å². The molecule has 0 unspecified atom stereocenters. The molecule has 0 atom stereocenters. The number of carbonyl (C=O) groups excluding carboxylic acids is 1. The Morgan fingerprint density at radius 3 is 2.59 bits per heavy atom. The average molecular weight is 247 g/mol. The Bertz CT molecular complexity index is 495. The van der Waals surface area contributed by atoms with Gasteiger partial charge in [-0.1, -0.05) is 23.7 Å². The molecule has 1 aliphatic carbocycles. The van der Waals surface area contributed by atoms with E-state index in [-0.39, 0.29) is 17.5 Å². The number of amides is 1. The van der Waals surface area contributed by atoms with E-state index in [0.29, 0.717) is 5.02 Å². The monoisotopic (exact) mass is 246 g/mol. The molecule has 17 heavy (non-hydrogen) atoms. The van der Waals surface area contributed by atoms with Gasteiger partial charge in [0.15, 0.2) is 0 Å². The minimum absolute atomic E-state index is 0.124. The van der Waals surface area contributed by atoms with E-state index < -0.39 is 0 Å². The predicted octanol–water partition coefficient (Wildman–Crippen LogP) is 2.53. The summed E-state index contributed by atoms with van der Waals surface area (Å²) in [5.41, 5.74) is 0.913. The first-order valence-electron chi connectivity index (χ1n) is 5.37. The highest BCUT2D eigenvalue weighted by Gasteiger charge is 2.24. The van der Waals surface area contributed by atoms with Crippen LogP contribution in [-0.4, -0.2) is 11.9 Å². The van der Waals surface area contributed by atoms with E-state index in [1.165, 1.54) is 0 Å². The van der Waals surface area contributed by atoms with Crippen molar-refractivity contribution >= 4 is 23.6 Å². The van der Waals surface area contributed by atoms with Crippen LogP contribution in [0.5, 0.6) is 0 Å². The number of benzene rings is 1. The lowest BCUT2D eigenvalue weighted by atomic mass is 10.1. The summed E-state index contributed by atoms with van der Waals surface area (Å²) in [6.45, 7) is 0. The fourth-order valence-corrected chi connectivity index (χ4v) is 1.49. The molecule has 1 aromatic carbocycles. The number of rotatable bonds is 3. The van der Waals surface area contributed by atoms with Gasteiger partial charge < -0.3 is 5.32 Å². The van der Waals surface area contributed by atoms with Gasteiger partial charge in [-0.05, 0) is 36.6 Å². The van der Waals surface area contributed by atoms with Crippen molar-refractivity contribution in [2.75, 3.05) is 0 Å². The number of halogens is 1. The van der Waals surface area contributed by atoms with Crippen LogP contribution in [0.3, 0.4) is 0 Å². The van der Waals surface area contributed by atoms with Crippen molar-refractivity contribution in [1.82, 2.24) is 5.32 Å². The van der Waals surface area contributed by atoms with Crippen LogP contribution in [0.4, 0.5) is 0 Å². The highest BCUT2D eigenvalue weighted by atomic mass is 35.5. The van der Waals surface area contributed by atoms with Gasteiger partial charge in [0.1, 0.15) is 11.6 Å². The molecule has 0 radical (unpaired) electrons. The van der Waals surface area contributed by atoms with E-state index in [9.17, 15) is 4.79 Å². The first-order chi connectivity index (χ1) is 8.19. The van der Waals surface area contributed by atoms with Crippen LogP contribution in [-0.2, 0) is 4.79 Å². The summed E-state index contributed by atoms with van der Waals surface area (Å²) in [7, 11) is 0. The van der Waals surface area contributed by atoms with Crippen LogP contribution in [0.25, 0.3) is 6.08 Å². The highest BCUT2D eigenvalue weighted by molar-refractivity contribution is 6.30. The lowest BCUT2D eigenvalue weighted by Gasteiger charge is -2.01. The van der Waals surface area contributed by atoms with Crippen molar-refractivity contribution in [3.8, 4) is 6.07 Å². The fraction of sp³-hybridized carbons (Fsp3) is 0.231. The maximum absolute atomic E-state index is 11.7. The van der Waals surface area contributed by atoms with Gasteiger partial charge in [0.25, 0.3) is 5.91 Å². The van der Waals surface area contributed by atoms with E-state index in [1.807, 2.05) is 6.07 Å². The lowest BCUT2D eigenvalue weighted by Crippen LogP contribution is -2.26. The maximum atomic E-state index is 11.7. The van der Waals surface area contributed by atoms with Crippen LogP contribution in [0, 0.1) is 11.3 Å². The predicted molar refractivity (Wildman–Crippen MR) is 66.2 cm³/mol. The van der Waals surface area contributed by atoms with E-state index in [0.717, 1.165) is 18.4 Å². The van der Waals surface area contributed by atoms with Gasteiger partial charge in [0, 0.05) is 11.1 Å². The molecule has 1 saturated carbocycles. The summed E-state index contributed by atoms with van der Waals surface area (Å²) in [6, 6.07) is 9.15. The number of nitrogens with zero attached hydrogens (tertiary/aromatic N) is 1. The summed E-state index contributed by atoms with van der Waals surface area (Å²) >= 11 is 5.76. The molecule has 0 saturated heterocycles. The summed E-state index contributed by atoms with van der Waals surface area (Å²) in [5.74, 6) is -0.301. The number of nitriles is 1. The third kappa shape index (κ3) is 3.33. The largest absolute Gasteiger partial charge is 0.349 e. The zero-order valence-corrected chi connectivity index (χ0v) is 9.87. The zero-order valence-electron chi connectivity index (χ0n) is 9.11. The van der Waals surface area contributed by atoms with Crippen LogP contribution in [0.15, 0.2) is 29.8 Å². The minimum Gasteiger partial charge on any atom is -0.349 e. The molecule has 1 amide bonds. The highest BCUT2D eigenvalue weighted by Crippen LogP contribution is 2.19. The van der Waals surface area contributed by atoms with Crippen LogP contribution < -0.4 is 5.32 Å². The third-order valence-electron chi connectivity index (χ3n) is 2.46. The van der Waals surface area contributed by atoms with Gasteiger partial charge >= 0.3 is 0 Å². The first-order valence-corrected chi connectivity index (χ1v) is 5.75. The SMILES string of the molecule is N#C/C(=C\c1ccc(Cl)cc1)C(=O)NC1CC1. The molecule has 1 fully saturated rings. The van der Waals surface area contributed by atoms with Gasteiger partial charge in [0.2, 0.25) is 0 Å². The standard InChI is InChI=1S/C13H11ClN2O/c14-11-3-1-9(2-4-11)7-10(8-15)13(17)16-12-5-6-12/h1-4,7,12H,5-6H2,(H,16,17)/b10-7+. The molecule has 0 spiro atoms. The first kappa shape index (κ1) is 11.7. The summed E-state index contributed by atoms with van der Waals surface area (Å²) in [5, 5.41) is 12.3. The second-order valence-electron chi connectivity index (χ2n) is 3.97. The normalized spacial score (nSPS) is 15.2. The van der Waals surface area contributed by atoms with E-state index in [4.69, 9.17) is 16.9 Å². The molecule has 3 nitrogen and oxygen atoms in total. The van der Waals surface area contributed by atoms with Crippen molar-refractivity contribution in [2.24, 2.45) is 0 Å². The van der Waals surface area contributed by atoms with Crippen molar-refractivity contribution in [3.63, 3.8) is 0 Å². The molecule has 86 valence electrons. The molecular formula is C13H11ClN2O. The second kappa shape index (κ2) is 5.03. The minimum atomic E-state index is -0.301. The number of hydrogen-bond donors (Lipinski definition) is 1. The zero-order chi connectivity index (χ0) is 12.3. The lowest BCUT2D eigenvalue weighted by molar-refractivity contribution is -0.117. The van der Waals surface area contributed by atoms with E-state index in [2.05, 4.69) is 5.32 Å². The van der Waals surface area contributed by atoms with Gasteiger partial charge in [-0.3, -0.25) is 4.79 Å². The number of carbonyl (C=O) groups is 1. The Hall–Kier alpha value is -1.79. The van der Waals surface area contributed by atoms with Crippen molar-refractivity contribution in [1.29, 1.82) is 5.26 Å². The van der Waals surface area contributed by atoms with E-state index >= 15 is 0 Å². The smallest absolute Gasteiger partial charge is 0.262 e. The Morgan fingerprint density at radius 2 is 2.06 bits per heavy atom. The fourth-order valence-electron chi connectivity index (χ4n) is 1.37. The van der Waals surface area contributed by atoms with Crippen molar-refractivity contribution in [3.05, 3.63) is 40.4 Å². The summed E-state index contributed by atoms with van der Waals surface area (Å²) in [6.07, 6.45) is 3.57. The van der Waals surface area contributed by atoms with Crippen LogP contribution >= 0.6 is 11.6 Å². The molecule has 1 N–H and O–H groups in total. The molecule has 1 aliphatic rings. The van der Waals surface area contributed by atoms with Crippen LogP contribution in [0.1, 0.15) is 18.4 Å². The maximum Gasteiger partial charge on any atom is 0.262 e. The third-order valence-corrected chi connectivity index (χ3v) is 2.71. The molecule has 1 aromatic rings. The molecule has 0 aromatic heterocycles. The second-order valence-corrected chi connectivity index (χ2v) is 4.41. The number of hydrogen-bond acceptors (Lipinski definition) is 2. The topological polar surface area (TPSA) is 52.9 Å². The molecule has 0 heterocycles. The van der Waals surface area contributed by atoms with Gasteiger partial charge in [-0.25, -0.2) is 0 Å². The Balaban J connectivity index is 2.13. The Kier molecular flexibility index (Phi) is 3.46. The van der Waals surface area contributed by atoms with E-state index in [1.54, 1.807) is 30.3 Å². The van der Waals surface area contributed by atoms with Gasteiger partial charge in [-0.2, -0.15) is 5.26 Å². The van der Waals surface area contributed by atoms with Gasteiger partial charge in [-0.15, -0.1) is 0 Å². The Labute approximate surface area is 105 Å². The quantitative estimate of drug-likeness (QED) is 0.658. The Morgan fingerprint density at radius 1 is 1.41 bits per heavy atom. The summed E-state index contributed by atoms with van der Waals surface area (Å²) in [4.78, 5) is 11.7. The van der Waals surface area contributed by atoms with Gasteiger partial charge in [0.05, 0.1) is 0 Å². The van der Waals surface area contributed by atoms with Crippen LogP contribution in [0.2, 0.25) is 5.02 Å². The molecule has 4 heteroatoms. The number of nitrogens with one attached hydrogen (secondary N) is 1. The molecular weight excluding hydrogens is 236 g/mol. The molecule has 0 aliphatic heterocycles. The average Bonchev–Trinajstić information content (AvgIpc) is 3.12. The summed E-state index contributed by atoms with van der Waals surface area (Å²) < 4.78 is 0. The van der Waals surface area contributed by atoms with Crippen molar-refractivity contribution < 1.29 is 4.79 Å².